The van der Waals surface area contributed by atoms with Crippen LogP contribution in [0.25, 0.3) is 0 Å². The van der Waals surface area contributed by atoms with Gasteiger partial charge in [0.05, 0.1) is 4.58 Å². The molecule has 0 saturated carbocycles. The van der Waals surface area contributed by atoms with Crippen molar-refractivity contribution in [1.29, 1.82) is 0 Å². The molecule has 0 aliphatic heterocycles. The standard InChI is InChI=1S/C7H7S2/c8-7(9)6-4-2-1-3-5-6/h2-5,7-9H. The molecule has 0 heterocycles. The molecule has 0 nitrogen and oxygen atoms in total. The molecule has 0 aliphatic carbocycles. The van der Waals surface area contributed by atoms with E-state index in [-0.39, 0.29) is 4.58 Å². The monoisotopic (exact) mass is 155 g/mol. The molecule has 1 aromatic carbocycles. The van der Waals surface area contributed by atoms with Crippen LogP contribution >= 0.6 is 25.3 Å². The van der Waals surface area contributed by atoms with Crippen LogP contribution in [0.2, 0.25) is 0 Å². The van der Waals surface area contributed by atoms with Crippen molar-refractivity contribution < 1.29 is 0 Å². The summed E-state index contributed by atoms with van der Waals surface area (Å²) in [5.41, 5.74) is 1.11. The SMILES string of the molecule is SC(S)c1cc[c]cc1. The zero-order valence-corrected chi connectivity index (χ0v) is 6.57. The number of benzene rings is 1. The largest absolute Gasteiger partial charge is 0.160 e. The van der Waals surface area contributed by atoms with Crippen molar-refractivity contribution in [2.45, 2.75) is 4.58 Å². The fourth-order valence-corrected chi connectivity index (χ4v) is 0.916. The minimum Gasteiger partial charge on any atom is -0.160 e. The maximum atomic E-state index is 4.14. The molecule has 0 N–H and O–H groups in total. The van der Waals surface area contributed by atoms with Gasteiger partial charge in [-0.3, -0.25) is 0 Å². The van der Waals surface area contributed by atoms with Crippen LogP contribution in [0.1, 0.15) is 10.1 Å². The summed E-state index contributed by atoms with van der Waals surface area (Å²) in [5.74, 6) is 0. The minimum absolute atomic E-state index is 0.0274. The Morgan fingerprint density at radius 2 is 1.78 bits per heavy atom. The summed E-state index contributed by atoms with van der Waals surface area (Å²) in [6.07, 6.45) is 0. The number of rotatable bonds is 1. The van der Waals surface area contributed by atoms with Crippen LogP contribution in [-0.2, 0) is 0 Å². The second-order valence-corrected chi connectivity index (χ2v) is 3.15. The van der Waals surface area contributed by atoms with Crippen molar-refractivity contribution in [2.75, 3.05) is 0 Å². The first-order chi connectivity index (χ1) is 4.30. The van der Waals surface area contributed by atoms with Crippen LogP contribution in [0.3, 0.4) is 0 Å². The third-order valence-corrected chi connectivity index (χ3v) is 1.64. The van der Waals surface area contributed by atoms with Crippen molar-refractivity contribution in [3.8, 4) is 0 Å². The molecule has 0 aliphatic rings. The van der Waals surface area contributed by atoms with E-state index in [0.717, 1.165) is 5.56 Å². The summed E-state index contributed by atoms with van der Waals surface area (Å²) < 4.78 is 0.0274. The van der Waals surface area contributed by atoms with Gasteiger partial charge in [-0.1, -0.05) is 24.3 Å². The van der Waals surface area contributed by atoms with Gasteiger partial charge in [-0.25, -0.2) is 0 Å². The van der Waals surface area contributed by atoms with Crippen molar-refractivity contribution in [3.63, 3.8) is 0 Å². The van der Waals surface area contributed by atoms with Gasteiger partial charge in [-0.15, -0.1) is 0 Å². The van der Waals surface area contributed by atoms with Gasteiger partial charge in [0.25, 0.3) is 0 Å². The lowest BCUT2D eigenvalue weighted by atomic mass is 10.2. The predicted molar refractivity (Wildman–Crippen MR) is 46.0 cm³/mol. The smallest absolute Gasteiger partial charge is 0.0692 e. The van der Waals surface area contributed by atoms with Crippen LogP contribution in [0, 0.1) is 6.07 Å². The van der Waals surface area contributed by atoms with Crippen molar-refractivity contribution in [1.82, 2.24) is 0 Å². The Kier molecular flexibility index (Phi) is 2.49. The molecule has 0 aromatic heterocycles. The topological polar surface area (TPSA) is 0 Å². The zero-order valence-electron chi connectivity index (χ0n) is 4.78. The van der Waals surface area contributed by atoms with E-state index in [2.05, 4.69) is 31.3 Å². The highest BCUT2D eigenvalue weighted by molar-refractivity contribution is 7.98. The molecule has 0 atom stereocenters. The van der Waals surface area contributed by atoms with Gasteiger partial charge in [0, 0.05) is 0 Å². The Balaban J connectivity index is 2.85. The Morgan fingerprint density at radius 1 is 1.22 bits per heavy atom. The van der Waals surface area contributed by atoms with E-state index in [0.29, 0.717) is 0 Å². The summed E-state index contributed by atoms with van der Waals surface area (Å²) in [4.78, 5) is 0. The maximum absolute atomic E-state index is 4.14. The molecule has 0 saturated heterocycles. The van der Waals surface area contributed by atoms with E-state index in [1.807, 2.05) is 24.3 Å². The molecule has 1 rings (SSSR count). The average Bonchev–Trinajstić information content (AvgIpc) is 1.90. The maximum Gasteiger partial charge on any atom is 0.0692 e. The lowest BCUT2D eigenvalue weighted by Crippen LogP contribution is -1.77. The van der Waals surface area contributed by atoms with E-state index >= 15 is 0 Å². The molecule has 9 heavy (non-hydrogen) atoms. The predicted octanol–water partition coefficient (Wildman–Crippen LogP) is 2.34. The van der Waals surface area contributed by atoms with Gasteiger partial charge in [-0.05, 0) is 11.6 Å². The normalized spacial score (nSPS) is 10.1. The summed E-state index contributed by atoms with van der Waals surface area (Å²) in [5, 5.41) is 0. The Labute approximate surface area is 66.1 Å². The van der Waals surface area contributed by atoms with Gasteiger partial charge in [0.1, 0.15) is 0 Å². The Hall–Kier alpha value is -0.0800. The summed E-state index contributed by atoms with van der Waals surface area (Å²) in [6, 6.07) is 10.5. The van der Waals surface area contributed by atoms with E-state index in [4.69, 9.17) is 0 Å². The molecule has 1 radical (unpaired) electrons. The first kappa shape index (κ1) is 7.03. The first-order valence-corrected chi connectivity index (χ1v) is 3.66. The molecular weight excluding hydrogens is 148 g/mol. The van der Waals surface area contributed by atoms with Crippen molar-refractivity contribution in [2.24, 2.45) is 0 Å². The summed E-state index contributed by atoms with van der Waals surface area (Å²) >= 11 is 8.28. The number of thiol groups is 2. The molecule has 2 heteroatoms. The second kappa shape index (κ2) is 3.18. The molecule has 0 fully saturated rings. The van der Waals surface area contributed by atoms with Gasteiger partial charge in [0.15, 0.2) is 0 Å². The lowest BCUT2D eigenvalue weighted by molar-refractivity contribution is 1.40. The van der Waals surface area contributed by atoms with Crippen molar-refractivity contribution in [3.05, 3.63) is 35.9 Å². The fourth-order valence-electron chi connectivity index (χ4n) is 0.572. The minimum atomic E-state index is 0.0274. The summed E-state index contributed by atoms with van der Waals surface area (Å²) in [6.45, 7) is 0. The van der Waals surface area contributed by atoms with Gasteiger partial charge < -0.3 is 0 Å². The highest BCUT2D eigenvalue weighted by Gasteiger charge is 1.95. The highest BCUT2D eigenvalue weighted by Crippen LogP contribution is 2.21. The van der Waals surface area contributed by atoms with Crippen LogP contribution < -0.4 is 0 Å². The molecule has 0 unspecified atom stereocenters. The van der Waals surface area contributed by atoms with Gasteiger partial charge in [-0.2, -0.15) is 25.3 Å². The average molecular weight is 155 g/mol. The molecule has 1 aromatic rings. The third kappa shape index (κ3) is 1.95. The molecule has 0 spiro atoms. The highest BCUT2D eigenvalue weighted by atomic mass is 32.2. The third-order valence-electron chi connectivity index (χ3n) is 1.04. The fraction of sp³-hybridized carbons (Fsp3) is 0.143. The first-order valence-electron chi connectivity index (χ1n) is 2.63. The van der Waals surface area contributed by atoms with E-state index in [1.165, 1.54) is 0 Å². The lowest BCUT2D eigenvalue weighted by Gasteiger charge is -1.99. The quantitative estimate of drug-likeness (QED) is 0.451. The molecule has 47 valence electrons. The second-order valence-electron chi connectivity index (χ2n) is 1.71. The van der Waals surface area contributed by atoms with Crippen LogP contribution in [-0.4, -0.2) is 0 Å². The molecule has 0 bridgehead atoms. The Bertz CT molecular complexity index is 170. The zero-order chi connectivity index (χ0) is 6.69. The summed E-state index contributed by atoms with van der Waals surface area (Å²) in [7, 11) is 0. The van der Waals surface area contributed by atoms with E-state index in [1.54, 1.807) is 0 Å². The van der Waals surface area contributed by atoms with Gasteiger partial charge >= 0.3 is 0 Å². The van der Waals surface area contributed by atoms with Crippen molar-refractivity contribution >= 4 is 25.3 Å². The number of hydrogen-bond donors (Lipinski definition) is 2. The molecular formula is C7H7S2. The van der Waals surface area contributed by atoms with E-state index in [9.17, 15) is 0 Å². The number of hydrogen-bond acceptors (Lipinski definition) is 2. The van der Waals surface area contributed by atoms with Crippen LogP contribution in [0.15, 0.2) is 24.3 Å². The Morgan fingerprint density at radius 3 is 2.11 bits per heavy atom. The van der Waals surface area contributed by atoms with Crippen LogP contribution in [0.4, 0.5) is 0 Å². The van der Waals surface area contributed by atoms with Crippen LogP contribution in [0.5, 0.6) is 0 Å². The molecule has 0 amide bonds. The van der Waals surface area contributed by atoms with E-state index < -0.39 is 0 Å². The van der Waals surface area contributed by atoms with Gasteiger partial charge in [0.2, 0.25) is 0 Å².